The topological polar surface area (TPSA) is 45.2 Å². The Hall–Kier alpha value is -1.65. The monoisotopic (exact) mass is 281 g/mol. The molecule has 0 radical (unpaired) electrons. The number of hydrogen-bond acceptors (Lipinski definition) is 3. The average Bonchev–Trinajstić information content (AvgIpc) is 2.48. The van der Waals surface area contributed by atoms with Gasteiger partial charge < -0.3 is 10.2 Å². The van der Waals surface area contributed by atoms with Crippen molar-refractivity contribution in [3.05, 3.63) is 23.6 Å². The first-order valence-corrected chi connectivity index (χ1v) is 7.19. The van der Waals surface area contributed by atoms with E-state index in [9.17, 15) is 9.18 Å². The summed E-state index contributed by atoms with van der Waals surface area (Å²) in [4.78, 5) is 18.2. The number of nitrogens with one attached hydrogen (secondary N) is 1. The molecule has 0 saturated carbocycles. The molecule has 0 aromatic carbocycles. The lowest BCUT2D eigenvalue weighted by Gasteiger charge is -2.26. The SMILES string of the molecule is CCC(CC)CN(CC)C(=O)c1cc(F)cnc1NC. The molecule has 0 spiro atoms. The fourth-order valence-corrected chi connectivity index (χ4v) is 2.19. The van der Waals surface area contributed by atoms with Crippen molar-refractivity contribution in [1.82, 2.24) is 9.88 Å². The van der Waals surface area contributed by atoms with Crippen LogP contribution in [0.3, 0.4) is 0 Å². The maximum absolute atomic E-state index is 13.3. The van der Waals surface area contributed by atoms with Gasteiger partial charge >= 0.3 is 0 Å². The number of halogens is 1. The average molecular weight is 281 g/mol. The molecular formula is C15H24FN3O. The lowest BCUT2D eigenvalue weighted by Crippen LogP contribution is -2.35. The van der Waals surface area contributed by atoms with Crippen LogP contribution in [0.1, 0.15) is 44.0 Å². The number of carbonyl (C=O) groups excluding carboxylic acids is 1. The Bertz CT molecular complexity index is 447. The van der Waals surface area contributed by atoms with Gasteiger partial charge in [-0.2, -0.15) is 0 Å². The first kappa shape index (κ1) is 16.4. The van der Waals surface area contributed by atoms with Crippen LogP contribution in [0.4, 0.5) is 10.2 Å². The van der Waals surface area contributed by atoms with Gasteiger partial charge in [-0.1, -0.05) is 26.7 Å². The quantitative estimate of drug-likeness (QED) is 0.835. The molecule has 1 N–H and O–H groups in total. The molecule has 0 aliphatic carbocycles. The van der Waals surface area contributed by atoms with Gasteiger partial charge in [0.25, 0.3) is 5.91 Å². The summed E-state index contributed by atoms with van der Waals surface area (Å²) in [5.74, 6) is 0.222. The van der Waals surface area contributed by atoms with E-state index in [2.05, 4.69) is 24.1 Å². The first-order valence-electron chi connectivity index (χ1n) is 7.19. The fourth-order valence-electron chi connectivity index (χ4n) is 2.19. The van der Waals surface area contributed by atoms with E-state index in [0.717, 1.165) is 19.0 Å². The van der Waals surface area contributed by atoms with Gasteiger partial charge in [-0.25, -0.2) is 9.37 Å². The third-order valence-corrected chi connectivity index (χ3v) is 3.62. The Balaban J connectivity index is 2.98. The molecular weight excluding hydrogens is 257 g/mol. The van der Waals surface area contributed by atoms with E-state index in [1.54, 1.807) is 11.9 Å². The standard InChI is InChI=1S/C15H24FN3O/c1-5-11(6-2)10-19(7-3)15(20)13-8-12(16)9-18-14(13)17-4/h8-9,11H,5-7,10H2,1-4H3,(H,17,18). The van der Waals surface area contributed by atoms with Gasteiger partial charge in [0.1, 0.15) is 11.6 Å². The zero-order chi connectivity index (χ0) is 15.1. The maximum Gasteiger partial charge on any atom is 0.257 e. The third kappa shape index (κ3) is 3.92. The zero-order valence-corrected chi connectivity index (χ0v) is 12.7. The van der Waals surface area contributed by atoms with Gasteiger partial charge in [0, 0.05) is 20.1 Å². The molecule has 1 aromatic heterocycles. The van der Waals surface area contributed by atoms with Crippen molar-refractivity contribution in [1.29, 1.82) is 0 Å². The van der Waals surface area contributed by atoms with Gasteiger partial charge in [0.2, 0.25) is 0 Å². The molecule has 1 rings (SSSR count). The van der Waals surface area contributed by atoms with Gasteiger partial charge in [0.15, 0.2) is 0 Å². The second-order valence-electron chi connectivity index (χ2n) is 4.83. The Morgan fingerprint density at radius 3 is 2.55 bits per heavy atom. The van der Waals surface area contributed by atoms with Gasteiger partial charge in [-0.05, 0) is 18.9 Å². The Morgan fingerprint density at radius 1 is 1.40 bits per heavy atom. The van der Waals surface area contributed by atoms with E-state index in [1.807, 2.05) is 6.92 Å². The largest absolute Gasteiger partial charge is 0.372 e. The molecule has 5 heteroatoms. The highest BCUT2D eigenvalue weighted by molar-refractivity contribution is 5.98. The molecule has 0 saturated heterocycles. The fraction of sp³-hybridized carbons (Fsp3) is 0.600. The highest BCUT2D eigenvalue weighted by atomic mass is 19.1. The van der Waals surface area contributed by atoms with Crippen LogP contribution in [-0.2, 0) is 0 Å². The maximum atomic E-state index is 13.3. The molecule has 0 unspecified atom stereocenters. The number of amides is 1. The van der Waals surface area contributed by atoms with Crippen molar-refractivity contribution in [2.45, 2.75) is 33.6 Å². The van der Waals surface area contributed by atoms with Crippen molar-refractivity contribution in [3.8, 4) is 0 Å². The Kier molecular flexibility index (Phi) is 6.42. The Labute approximate surface area is 120 Å². The molecule has 1 aromatic rings. The van der Waals surface area contributed by atoms with Crippen molar-refractivity contribution in [3.63, 3.8) is 0 Å². The first-order chi connectivity index (χ1) is 9.57. The Morgan fingerprint density at radius 2 is 2.05 bits per heavy atom. The van der Waals surface area contributed by atoms with Crippen LogP contribution in [-0.4, -0.2) is 35.9 Å². The van der Waals surface area contributed by atoms with Crippen molar-refractivity contribution in [2.24, 2.45) is 5.92 Å². The molecule has 0 aliphatic rings. The second-order valence-corrected chi connectivity index (χ2v) is 4.83. The predicted molar refractivity (Wildman–Crippen MR) is 79.4 cm³/mol. The van der Waals surface area contributed by atoms with Crippen LogP contribution in [0.2, 0.25) is 0 Å². The molecule has 1 heterocycles. The molecule has 1 amide bonds. The molecule has 0 atom stereocenters. The van der Waals surface area contributed by atoms with Crippen molar-refractivity contribution < 1.29 is 9.18 Å². The highest BCUT2D eigenvalue weighted by Crippen LogP contribution is 2.18. The van der Waals surface area contributed by atoms with E-state index in [1.165, 1.54) is 6.07 Å². The number of anilines is 1. The number of nitrogens with zero attached hydrogens (tertiary/aromatic N) is 2. The van der Waals surface area contributed by atoms with E-state index >= 15 is 0 Å². The van der Waals surface area contributed by atoms with Crippen molar-refractivity contribution >= 4 is 11.7 Å². The summed E-state index contributed by atoms with van der Waals surface area (Å²) < 4.78 is 13.3. The van der Waals surface area contributed by atoms with E-state index in [4.69, 9.17) is 0 Å². The predicted octanol–water partition coefficient (Wildman–Crippen LogP) is 3.16. The molecule has 0 bridgehead atoms. The van der Waals surface area contributed by atoms with Crippen LogP contribution in [0.15, 0.2) is 12.3 Å². The summed E-state index contributed by atoms with van der Waals surface area (Å²) in [7, 11) is 1.67. The second kappa shape index (κ2) is 7.82. The molecule has 4 nitrogen and oxygen atoms in total. The van der Waals surface area contributed by atoms with Crippen LogP contribution in [0.5, 0.6) is 0 Å². The summed E-state index contributed by atoms with van der Waals surface area (Å²) >= 11 is 0. The van der Waals surface area contributed by atoms with Gasteiger partial charge in [-0.3, -0.25) is 4.79 Å². The minimum atomic E-state index is -0.495. The smallest absolute Gasteiger partial charge is 0.257 e. The molecule has 112 valence electrons. The lowest BCUT2D eigenvalue weighted by atomic mass is 10.0. The number of aromatic nitrogens is 1. The van der Waals surface area contributed by atoms with Gasteiger partial charge in [-0.15, -0.1) is 0 Å². The molecule has 20 heavy (non-hydrogen) atoms. The van der Waals surface area contributed by atoms with Crippen molar-refractivity contribution in [2.75, 3.05) is 25.5 Å². The van der Waals surface area contributed by atoms with Crippen LogP contribution in [0, 0.1) is 11.7 Å². The summed E-state index contributed by atoms with van der Waals surface area (Å²) in [5.41, 5.74) is 0.292. The van der Waals surface area contributed by atoms with Crippen LogP contribution in [0.25, 0.3) is 0 Å². The highest BCUT2D eigenvalue weighted by Gasteiger charge is 2.21. The van der Waals surface area contributed by atoms with Gasteiger partial charge in [0.05, 0.1) is 11.8 Å². The minimum absolute atomic E-state index is 0.171. The van der Waals surface area contributed by atoms with E-state index < -0.39 is 5.82 Å². The zero-order valence-electron chi connectivity index (χ0n) is 12.7. The normalized spacial score (nSPS) is 10.7. The lowest BCUT2D eigenvalue weighted by molar-refractivity contribution is 0.0735. The van der Waals surface area contributed by atoms with E-state index in [0.29, 0.717) is 30.4 Å². The number of rotatable bonds is 7. The minimum Gasteiger partial charge on any atom is -0.372 e. The van der Waals surface area contributed by atoms with Crippen LogP contribution < -0.4 is 5.32 Å². The number of pyridine rings is 1. The summed E-state index contributed by atoms with van der Waals surface area (Å²) in [5, 5.41) is 2.84. The van der Waals surface area contributed by atoms with E-state index in [-0.39, 0.29) is 5.91 Å². The third-order valence-electron chi connectivity index (χ3n) is 3.62. The summed E-state index contributed by atoms with van der Waals surface area (Å²) in [6.07, 6.45) is 3.17. The molecule has 0 aliphatic heterocycles. The summed E-state index contributed by atoms with van der Waals surface area (Å²) in [6, 6.07) is 1.25. The molecule has 0 fully saturated rings. The summed E-state index contributed by atoms with van der Waals surface area (Å²) in [6.45, 7) is 7.48. The van der Waals surface area contributed by atoms with Crippen LogP contribution >= 0.6 is 0 Å². The number of hydrogen-bond donors (Lipinski definition) is 1. The number of carbonyl (C=O) groups is 1.